The van der Waals surface area contributed by atoms with Gasteiger partial charge >= 0.3 is 0 Å². The lowest BCUT2D eigenvalue weighted by Gasteiger charge is -2.29. The maximum absolute atomic E-state index is 12.0. The molecule has 2 unspecified atom stereocenters. The molecule has 2 aliphatic rings. The van der Waals surface area contributed by atoms with Crippen molar-refractivity contribution in [2.24, 2.45) is 12.8 Å². The number of aromatic nitrogens is 2. The molecule has 6 nitrogen and oxygen atoms in total. The van der Waals surface area contributed by atoms with Crippen LogP contribution in [0.25, 0.3) is 0 Å². The van der Waals surface area contributed by atoms with Crippen LogP contribution in [0.3, 0.4) is 0 Å². The molecule has 0 aromatic carbocycles. The van der Waals surface area contributed by atoms with Crippen molar-refractivity contribution < 1.29 is 4.79 Å². The normalized spacial score (nSPS) is 29.2. The van der Waals surface area contributed by atoms with E-state index in [1.54, 1.807) is 0 Å². The van der Waals surface area contributed by atoms with E-state index in [0.29, 0.717) is 12.1 Å². The van der Waals surface area contributed by atoms with Crippen LogP contribution < -0.4 is 11.1 Å². The summed E-state index contributed by atoms with van der Waals surface area (Å²) in [6.45, 7) is 0.798. The molecule has 0 bridgehead atoms. The summed E-state index contributed by atoms with van der Waals surface area (Å²) in [5.74, 6) is 0.853. The number of carbonyl (C=O) groups is 1. The maximum Gasteiger partial charge on any atom is 0.237 e. The number of nitrogens with zero attached hydrogens (tertiary/aromatic N) is 3. The molecule has 1 aromatic heterocycles. The zero-order valence-corrected chi connectivity index (χ0v) is 12.9. The Kier molecular flexibility index (Phi) is 3.75. The topological polar surface area (TPSA) is 76.2 Å². The highest BCUT2D eigenvalue weighted by molar-refractivity contribution is 5.85. The Balaban J connectivity index is 1.64. The Bertz CT molecular complexity index is 524. The number of nitrogens with two attached hydrogens (primary N) is 1. The Hall–Kier alpha value is -1.40. The summed E-state index contributed by atoms with van der Waals surface area (Å²) < 4.78 is 2.04. The first-order chi connectivity index (χ1) is 10.00. The SMILES string of the molecule is CN(Cc1nccn1C)C1CCC(NC2CC2)(C(N)=O)C1. The predicted molar refractivity (Wildman–Crippen MR) is 80.4 cm³/mol. The van der Waals surface area contributed by atoms with Gasteiger partial charge in [0.2, 0.25) is 5.91 Å². The fourth-order valence-electron chi connectivity index (χ4n) is 3.34. The van der Waals surface area contributed by atoms with E-state index in [9.17, 15) is 4.79 Å². The Morgan fingerprint density at radius 2 is 2.33 bits per heavy atom. The molecule has 0 radical (unpaired) electrons. The van der Waals surface area contributed by atoms with Gasteiger partial charge in [0.05, 0.1) is 12.1 Å². The second-order valence-electron chi connectivity index (χ2n) is 6.63. The highest BCUT2D eigenvalue weighted by Gasteiger charge is 2.47. The van der Waals surface area contributed by atoms with E-state index in [4.69, 9.17) is 5.73 Å². The largest absolute Gasteiger partial charge is 0.368 e. The molecule has 2 aliphatic carbocycles. The Morgan fingerprint density at radius 1 is 1.57 bits per heavy atom. The third-order valence-corrected chi connectivity index (χ3v) is 4.95. The average molecular weight is 291 g/mol. The molecule has 0 saturated heterocycles. The fourth-order valence-corrected chi connectivity index (χ4v) is 3.34. The Morgan fingerprint density at radius 3 is 2.90 bits per heavy atom. The molecular weight excluding hydrogens is 266 g/mol. The first-order valence-electron chi connectivity index (χ1n) is 7.74. The molecule has 116 valence electrons. The van der Waals surface area contributed by atoms with Crippen molar-refractivity contribution in [2.75, 3.05) is 7.05 Å². The molecule has 2 fully saturated rings. The van der Waals surface area contributed by atoms with Gasteiger partial charge in [-0.1, -0.05) is 0 Å². The Labute approximate surface area is 125 Å². The summed E-state index contributed by atoms with van der Waals surface area (Å²) in [6, 6.07) is 0.872. The molecule has 3 N–H and O–H groups in total. The zero-order valence-electron chi connectivity index (χ0n) is 12.9. The number of aryl methyl sites for hydroxylation is 1. The third kappa shape index (κ3) is 2.96. The zero-order chi connectivity index (χ0) is 15.0. The number of hydrogen-bond donors (Lipinski definition) is 2. The van der Waals surface area contributed by atoms with Crippen molar-refractivity contribution in [3.8, 4) is 0 Å². The number of amides is 1. The van der Waals surface area contributed by atoms with Crippen molar-refractivity contribution in [3.63, 3.8) is 0 Å². The summed E-state index contributed by atoms with van der Waals surface area (Å²) in [4.78, 5) is 18.6. The molecule has 2 saturated carbocycles. The van der Waals surface area contributed by atoms with Crippen molar-refractivity contribution in [1.29, 1.82) is 0 Å². The molecule has 1 heterocycles. The maximum atomic E-state index is 12.0. The summed E-state index contributed by atoms with van der Waals surface area (Å²) in [5.41, 5.74) is 5.20. The number of hydrogen-bond acceptors (Lipinski definition) is 4. The lowest BCUT2D eigenvalue weighted by atomic mass is 9.96. The van der Waals surface area contributed by atoms with E-state index in [1.165, 1.54) is 12.8 Å². The first-order valence-corrected chi connectivity index (χ1v) is 7.74. The summed E-state index contributed by atoms with van der Waals surface area (Å²) in [7, 11) is 4.11. The average Bonchev–Trinajstić information content (AvgIpc) is 2.97. The number of primary amides is 1. The van der Waals surface area contributed by atoms with Crippen LogP contribution in [0.15, 0.2) is 12.4 Å². The van der Waals surface area contributed by atoms with Gasteiger partial charge in [0.15, 0.2) is 0 Å². The number of carbonyl (C=O) groups excluding carboxylic acids is 1. The van der Waals surface area contributed by atoms with Crippen LogP contribution in [0, 0.1) is 0 Å². The molecule has 1 aromatic rings. The minimum atomic E-state index is -0.498. The van der Waals surface area contributed by atoms with E-state index >= 15 is 0 Å². The second kappa shape index (κ2) is 5.42. The number of rotatable bonds is 6. The van der Waals surface area contributed by atoms with Crippen LogP contribution in [-0.4, -0.2) is 45.0 Å². The van der Waals surface area contributed by atoms with E-state index < -0.39 is 5.54 Å². The van der Waals surface area contributed by atoms with Gasteiger partial charge in [-0.15, -0.1) is 0 Å². The summed E-state index contributed by atoms with van der Waals surface area (Å²) in [5, 5.41) is 3.50. The van der Waals surface area contributed by atoms with Crippen LogP contribution in [0.5, 0.6) is 0 Å². The minimum Gasteiger partial charge on any atom is -0.368 e. The van der Waals surface area contributed by atoms with Crippen LogP contribution in [0.4, 0.5) is 0 Å². The highest BCUT2D eigenvalue weighted by atomic mass is 16.1. The smallest absolute Gasteiger partial charge is 0.237 e. The third-order valence-electron chi connectivity index (χ3n) is 4.95. The molecular formula is C15H25N5O. The van der Waals surface area contributed by atoms with Crippen molar-refractivity contribution in [3.05, 3.63) is 18.2 Å². The van der Waals surface area contributed by atoms with Gasteiger partial charge in [0.1, 0.15) is 5.82 Å². The van der Waals surface area contributed by atoms with E-state index in [-0.39, 0.29) is 5.91 Å². The van der Waals surface area contributed by atoms with Gasteiger partial charge in [-0.3, -0.25) is 9.69 Å². The minimum absolute atomic E-state index is 0.192. The number of nitrogens with one attached hydrogen (secondary N) is 1. The molecule has 21 heavy (non-hydrogen) atoms. The molecule has 2 atom stereocenters. The first kappa shape index (κ1) is 14.5. The summed E-state index contributed by atoms with van der Waals surface area (Å²) in [6.07, 6.45) is 8.77. The second-order valence-corrected chi connectivity index (χ2v) is 6.63. The van der Waals surface area contributed by atoms with Gasteiger partial charge < -0.3 is 15.6 Å². The van der Waals surface area contributed by atoms with E-state index in [0.717, 1.165) is 31.6 Å². The quantitative estimate of drug-likeness (QED) is 0.794. The standard InChI is InChI=1S/C15H25N5O/c1-19-8-7-17-13(19)10-20(2)12-5-6-15(9-12,14(16)21)18-11-3-4-11/h7-8,11-12,18H,3-6,9-10H2,1-2H3,(H2,16,21). The van der Waals surface area contributed by atoms with E-state index in [1.807, 2.05) is 24.0 Å². The van der Waals surface area contributed by atoms with Crippen molar-refractivity contribution in [2.45, 2.75) is 56.3 Å². The molecule has 1 amide bonds. The molecule has 0 aliphatic heterocycles. The van der Waals surface area contributed by atoms with Gasteiger partial charge in [0.25, 0.3) is 0 Å². The molecule has 3 rings (SSSR count). The van der Waals surface area contributed by atoms with Crippen LogP contribution in [0.2, 0.25) is 0 Å². The van der Waals surface area contributed by atoms with Crippen molar-refractivity contribution >= 4 is 5.91 Å². The lowest BCUT2D eigenvalue weighted by Crippen LogP contribution is -2.55. The van der Waals surface area contributed by atoms with E-state index in [2.05, 4.69) is 22.2 Å². The molecule has 6 heteroatoms. The fraction of sp³-hybridized carbons (Fsp3) is 0.733. The predicted octanol–water partition coefficient (Wildman–Crippen LogP) is 0.381. The monoisotopic (exact) mass is 291 g/mol. The van der Waals surface area contributed by atoms with Crippen LogP contribution >= 0.6 is 0 Å². The highest BCUT2D eigenvalue weighted by Crippen LogP contribution is 2.36. The lowest BCUT2D eigenvalue weighted by molar-refractivity contribution is -0.124. The van der Waals surface area contributed by atoms with Crippen molar-refractivity contribution in [1.82, 2.24) is 19.8 Å². The van der Waals surface area contributed by atoms with Gasteiger partial charge in [-0.2, -0.15) is 0 Å². The van der Waals surface area contributed by atoms with Gasteiger partial charge in [-0.05, 0) is 39.2 Å². The van der Waals surface area contributed by atoms with Crippen LogP contribution in [0.1, 0.15) is 37.9 Å². The summed E-state index contributed by atoms with van der Waals surface area (Å²) >= 11 is 0. The van der Waals surface area contributed by atoms with Gasteiger partial charge in [0, 0.05) is 31.5 Å². The van der Waals surface area contributed by atoms with Gasteiger partial charge in [-0.25, -0.2) is 4.98 Å². The number of imidazole rings is 1. The molecule has 0 spiro atoms. The van der Waals surface area contributed by atoms with Crippen LogP contribution in [-0.2, 0) is 18.4 Å².